The molecule has 9 heteroatoms. The number of para-hydroxylation sites is 1. The zero-order chi connectivity index (χ0) is 28.2. The van der Waals surface area contributed by atoms with Crippen molar-refractivity contribution >= 4 is 45.8 Å². The van der Waals surface area contributed by atoms with Crippen LogP contribution in [-0.4, -0.2) is 49.8 Å². The van der Waals surface area contributed by atoms with E-state index in [1.807, 2.05) is 61.5 Å². The lowest BCUT2D eigenvalue weighted by Gasteiger charge is -2.38. The van der Waals surface area contributed by atoms with Gasteiger partial charge < -0.3 is 20.1 Å². The van der Waals surface area contributed by atoms with Crippen molar-refractivity contribution in [2.24, 2.45) is 0 Å². The van der Waals surface area contributed by atoms with Gasteiger partial charge in [0.25, 0.3) is 0 Å². The van der Waals surface area contributed by atoms with Crippen LogP contribution in [0, 0.1) is 6.92 Å². The molecular formula is C31H32Cl2N4O3. The molecular weight excluding hydrogens is 547 g/mol. The predicted molar refractivity (Wildman–Crippen MR) is 161 cm³/mol. The third-order valence-corrected chi connectivity index (χ3v) is 8.06. The molecule has 0 aliphatic carbocycles. The van der Waals surface area contributed by atoms with Crippen LogP contribution in [0.15, 0.2) is 60.7 Å². The number of hydrogen-bond donors (Lipinski definition) is 2. The first-order chi connectivity index (χ1) is 19.4. The van der Waals surface area contributed by atoms with Crippen molar-refractivity contribution in [3.05, 3.63) is 93.1 Å². The van der Waals surface area contributed by atoms with Crippen molar-refractivity contribution in [1.29, 1.82) is 0 Å². The van der Waals surface area contributed by atoms with Gasteiger partial charge in [0.15, 0.2) is 11.5 Å². The summed E-state index contributed by atoms with van der Waals surface area (Å²) in [7, 11) is 3.29. The highest BCUT2D eigenvalue weighted by Gasteiger charge is 2.30. The number of pyridine rings is 1. The highest BCUT2D eigenvalue weighted by atomic mass is 35.5. The molecule has 0 radical (unpaired) electrons. The molecule has 2 heterocycles. The van der Waals surface area contributed by atoms with Crippen LogP contribution in [0.4, 0.5) is 10.5 Å². The minimum Gasteiger partial charge on any atom is -0.493 e. The zero-order valence-electron chi connectivity index (χ0n) is 22.8. The molecule has 4 aromatic rings. The molecule has 2 amide bonds. The Morgan fingerprint density at radius 2 is 1.75 bits per heavy atom. The normalized spacial score (nSPS) is 15.0. The number of amides is 2. The Balaban J connectivity index is 1.34. The number of carbonyl (C=O) groups excluding carboxylic acids is 1. The van der Waals surface area contributed by atoms with Gasteiger partial charge in [0.1, 0.15) is 0 Å². The number of aryl methyl sites for hydroxylation is 1. The van der Waals surface area contributed by atoms with Crippen LogP contribution in [0.5, 0.6) is 11.5 Å². The Hall–Kier alpha value is -3.52. The summed E-state index contributed by atoms with van der Waals surface area (Å²) in [5.41, 5.74) is 5.66. The Morgan fingerprint density at radius 1 is 1.02 bits per heavy atom. The summed E-state index contributed by atoms with van der Waals surface area (Å²) >= 11 is 13.2. The van der Waals surface area contributed by atoms with E-state index in [9.17, 15) is 4.79 Å². The molecule has 5 rings (SSSR count). The first kappa shape index (κ1) is 28.0. The van der Waals surface area contributed by atoms with E-state index in [1.54, 1.807) is 14.2 Å². The number of nitrogens with zero attached hydrogens (tertiary/aromatic N) is 2. The van der Waals surface area contributed by atoms with E-state index in [0.717, 1.165) is 46.4 Å². The van der Waals surface area contributed by atoms with Gasteiger partial charge in [-0.2, -0.15) is 0 Å². The van der Waals surface area contributed by atoms with Crippen LogP contribution >= 0.6 is 23.2 Å². The summed E-state index contributed by atoms with van der Waals surface area (Å²) in [5.74, 6) is 1.39. The SMILES string of the molecule is COc1cc2c(cc1OC)C(Cc1c(Cl)cccc1Cl)N(CCNC(=O)Nc1cc(C)nc3ccccc13)CC2. The summed E-state index contributed by atoms with van der Waals surface area (Å²) in [6.45, 7) is 3.83. The van der Waals surface area contributed by atoms with Gasteiger partial charge in [0.05, 0.1) is 25.4 Å². The molecule has 1 aromatic heterocycles. The van der Waals surface area contributed by atoms with Gasteiger partial charge in [-0.1, -0.05) is 47.5 Å². The number of ether oxygens (including phenoxy) is 2. The van der Waals surface area contributed by atoms with Gasteiger partial charge in [-0.05, 0) is 72.9 Å². The lowest BCUT2D eigenvalue weighted by Crippen LogP contribution is -2.42. The standard InChI is InChI=1S/C31H32Cl2N4O3/c1-19-15-27(21-7-4-5-10-26(21)35-19)36-31(38)34-12-14-37-13-11-20-16-29(39-2)30(40-3)18-22(20)28(37)17-23-24(32)8-6-9-25(23)33/h4-10,15-16,18,28H,11-14,17H2,1-3H3,(H2,34,35,36,38). The maximum atomic E-state index is 12.9. The highest BCUT2D eigenvalue weighted by molar-refractivity contribution is 6.36. The summed E-state index contributed by atoms with van der Waals surface area (Å²) in [6.07, 6.45) is 1.46. The maximum absolute atomic E-state index is 12.9. The summed E-state index contributed by atoms with van der Waals surface area (Å²) < 4.78 is 11.2. The van der Waals surface area contributed by atoms with Gasteiger partial charge >= 0.3 is 6.03 Å². The van der Waals surface area contributed by atoms with E-state index in [-0.39, 0.29) is 12.1 Å². The fraction of sp³-hybridized carbons (Fsp3) is 0.290. The maximum Gasteiger partial charge on any atom is 0.319 e. The minimum atomic E-state index is -0.259. The number of benzene rings is 3. The van der Waals surface area contributed by atoms with Gasteiger partial charge in [-0.25, -0.2) is 4.79 Å². The molecule has 40 heavy (non-hydrogen) atoms. The van der Waals surface area contributed by atoms with E-state index in [4.69, 9.17) is 32.7 Å². The fourth-order valence-corrected chi connectivity index (χ4v) is 5.95. The second-order valence-electron chi connectivity index (χ2n) is 9.82. The zero-order valence-corrected chi connectivity index (χ0v) is 24.3. The van der Waals surface area contributed by atoms with E-state index < -0.39 is 0 Å². The molecule has 208 valence electrons. The molecule has 0 fully saturated rings. The number of methoxy groups -OCH3 is 2. The lowest BCUT2D eigenvalue weighted by atomic mass is 9.88. The van der Waals surface area contributed by atoms with E-state index in [1.165, 1.54) is 5.56 Å². The number of nitrogens with one attached hydrogen (secondary N) is 2. The van der Waals surface area contributed by atoms with Crippen LogP contribution in [0.2, 0.25) is 10.0 Å². The number of urea groups is 1. The number of rotatable bonds is 8. The topological polar surface area (TPSA) is 75.7 Å². The molecule has 1 aliphatic rings. The van der Waals surface area contributed by atoms with Crippen molar-refractivity contribution in [3.63, 3.8) is 0 Å². The number of fused-ring (bicyclic) bond motifs is 2. The van der Waals surface area contributed by atoms with Crippen molar-refractivity contribution in [3.8, 4) is 11.5 Å². The predicted octanol–water partition coefficient (Wildman–Crippen LogP) is 6.83. The largest absolute Gasteiger partial charge is 0.493 e. The average molecular weight is 580 g/mol. The second-order valence-corrected chi connectivity index (χ2v) is 10.6. The van der Waals surface area contributed by atoms with Crippen molar-refractivity contribution < 1.29 is 14.3 Å². The minimum absolute atomic E-state index is 0.0161. The molecule has 3 aromatic carbocycles. The number of anilines is 1. The Labute approximate surface area is 244 Å². The van der Waals surface area contributed by atoms with Gasteiger partial charge in [-0.3, -0.25) is 9.88 Å². The molecule has 0 bridgehead atoms. The van der Waals surface area contributed by atoms with Crippen LogP contribution in [0.1, 0.15) is 28.4 Å². The van der Waals surface area contributed by atoms with Crippen molar-refractivity contribution in [2.75, 3.05) is 39.2 Å². The number of halogens is 2. The molecule has 0 saturated carbocycles. The lowest BCUT2D eigenvalue weighted by molar-refractivity contribution is 0.183. The number of hydrogen-bond acceptors (Lipinski definition) is 5. The average Bonchev–Trinajstić information content (AvgIpc) is 2.94. The van der Waals surface area contributed by atoms with Crippen LogP contribution in [-0.2, 0) is 12.8 Å². The van der Waals surface area contributed by atoms with Crippen LogP contribution < -0.4 is 20.1 Å². The van der Waals surface area contributed by atoms with Gasteiger partial charge in [-0.15, -0.1) is 0 Å². The summed E-state index contributed by atoms with van der Waals surface area (Å²) in [4.78, 5) is 19.8. The first-order valence-corrected chi connectivity index (χ1v) is 14.0. The Kier molecular flexibility index (Phi) is 8.64. The Morgan fingerprint density at radius 3 is 2.50 bits per heavy atom. The third kappa shape index (κ3) is 5.97. The summed E-state index contributed by atoms with van der Waals surface area (Å²) in [5, 5.41) is 8.20. The summed E-state index contributed by atoms with van der Waals surface area (Å²) in [6, 6.07) is 19.1. The number of aromatic nitrogens is 1. The molecule has 0 saturated heterocycles. The van der Waals surface area contributed by atoms with Crippen LogP contribution in [0.3, 0.4) is 0 Å². The van der Waals surface area contributed by atoms with Gasteiger partial charge in [0, 0.05) is 46.8 Å². The molecule has 1 unspecified atom stereocenters. The molecule has 7 nitrogen and oxygen atoms in total. The van der Waals surface area contributed by atoms with E-state index >= 15 is 0 Å². The quantitative estimate of drug-likeness (QED) is 0.239. The fourth-order valence-electron chi connectivity index (χ4n) is 5.40. The van der Waals surface area contributed by atoms with Crippen LogP contribution in [0.25, 0.3) is 10.9 Å². The molecule has 1 aliphatic heterocycles. The first-order valence-electron chi connectivity index (χ1n) is 13.2. The molecule has 1 atom stereocenters. The van der Waals surface area contributed by atoms with Gasteiger partial charge in [0.2, 0.25) is 0 Å². The van der Waals surface area contributed by atoms with E-state index in [0.29, 0.717) is 41.1 Å². The smallest absolute Gasteiger partial charge is 0.319 e. The highest BCUT2D eigenvalue weighted by Crippen LogP contribution is 2.41. The molecule has 0 spiro atoms. The monoisotopic (exact) mass is 578 g/mol. The van der Waals surface area contributed by atoms with E-state index in [2.05, 4.69) is 26.6 Å². The van der Waals surface area contributed by atoms with Crippen molar-refractivity contribution in [2.45, 2.75) is 25.8 Å². The van der Waals surface area contributed by atoms with Crippen molar-refractivity contribution in [1.82, 2.24) is 15.2 Å². The third-order valence-electron chi connectivity index (χ3n) is 7.35. The second kappa shape index (κ2) is 12.3. The number of carbonyl (C=O) groups is 1. The Bertz CT molecular complexity index is 1520. The molecule has 2 N–H and O–H groups in total.